The molecule has 0 bridgehead atoms. The van der Waals surface area contributed by atoms with Crippen LogP contribution in [-0.2, 0) is 0 Å². The van der Waals surface area contributed by atoms with Gasteiger partial charge in [0.25, 0.3) is 0 Å². The quantitative estimate of drug-likeness (QED) is 0.417. The average molecular weight is 241 g/mol. The molecule has 0 rings (SSSR count). The maximum atomic E-state index is 7.63. The highest BCUT2D eigenvalue weighted by Gasteiger charge is 1.92. The first-order chi connectivity index (χ1) is 8.72. The lowest BCUT2D eigenvalue weighted by atomic mass is 10.2. The molecule has 0 atom stereocenters. The van der Waals surface area contributed by atoms with Gasteiger partial charge in [-0.1, -0.05) is 49.1 Å². The molecule has 0 aliphatic carbocycles. The Balaban J connectivity index is 4.20. The Morgan fingerprint density at radius 3 is 2.50 bits per heavy atom. The first-order valence-electron chi connectivity index (χ1n) is 5.61. The van der Waals surface area contributed by atoms with Gasteiger partial charge in [-0.25, -0.2) is 9.98 Å². The highest BCUT2D eigenvalue weighted by atomic mass is 14.9. The number of nitrogens with one attached hydrogen (secondary N) is 1. The summed E-state index contributed by atoms with van der Waals surface area (Å²) in [7, 11) is 0. The second-order valence-corrected chi connectivity index (χ2v) is 3.27. The van der Waals surface area contributed by atoms with Gasteiger partial charge in [-0.3, -0.25) is 5.41 Å². The summed E-state index contributed by atoms with van der Waals surface area (Å²) in [5.41, 5.74) is 0.795. The number of hydrogen-bond acceptors (Lipinski definition) is 1. The molecule has 0 spiro atoms. The molecular formula is C15H19N3. The summed E-state index contributed by atoms with van der Waals surface area (Å²) >= 11 is 0. The van der Waals surface area contributed by atoms with Crippen molar-refractivity contribution in [1.82, 2.24) is 0 Å². The molecule has 0 saturated heterocycles. The van der Waals surface area contributed by atoms with E-state index in [-0.39, 0.29) is 5.84 Å². The predicted molar refractivity (Wildman–Crippen MR) is 81.8 cm³/mol. The molecule has 0 aliphatic heterocycles. The predicted octanol–water partition coefficient (Wildman–Crippen LogP) is 3.88. The summed E-state index contributed by atoms with van der Waals surface area (Å²) < 4.78 is 0. The van der Waals surface area contributed by atoms with Gasteiger partial charge in [0.2, 0.25) is 0 Å². The van der Waals surface area contributed by atoms with E-state index in [2.05, 4.69) is 16.6 Å². The van der Waals surface area contributed by atoms with Crippen molar-refractivity contribution >= 4 is 18.4 Å². The molecule has 0 amide bonds. The van der Waals surface area contributed by atoms with Crippen molar-refractivity contribution in [3.8, 4) is 0 Å². The minimum absolute atomic E-state index is 0.209. The first kappa shape index (κ1) is 15.7. The van der Waals surface area contributed by atoms with Gasteiger partial charge in [0, 0.05) is 6.21 Å². The number of allylic oxidation sites excluding steroid dienone is 8. The fourth-order valence-corrected chi connectivity index (χ4v) is 0.857. The molecule has 0 aliphatic rings. The second-order valence-electron chi connectivity index (χ2n) is 3.27. The number of rotatable bonds is 6. The van der Waals surface area contributed by atoms with E-state index in [1.807, 2.05) is 50.3 Å². The lowest BCUT2D eigenvalue weighted by Gasteiger charge is -1.93. The molecule has 3 heteroatoms. The summed E-state index contributed by atoms with van der Waals surface area (Å²) in [5, 5.41) is 7.63. The van der Waals surface area contributed by atoms with Crippen molar-refractivity contribution in [3.05, 3.63) is 60.8 Å². The van der Waals surface area contributed by atoms with Gasteiger partial charge in [-0.05, 0) is 25.5 Å². The average Bonchev–Trinajstić information content (AvgIpc) is 2.38. The normalized spacial score (nSPS) is 13.8. The standard InChI is InChI=1S/C15H19N3/c1-4-6-8-9-10-12-17-13-18-15(16)14(3)11-7-5-2/h4-13,16H,1H2,2-3H3/b7-5-,8-6-,10-9+,14-11+,16-15?,17-12+,18-13-. The van der Waals surface area contributed by atoms with Gasteiger partial charge in [-0.2, -0.15) is 0 Å². The van der Waals surface area contributed by atoms with Gasteiger partial charge < -0.3 is 0 Å². The monoisotopic (exact) mass is 241 g/mol. The Labute approximate surface area is 109 Å². The van der Waals surface area contributed by atoms with Crippen LogP contribution in [0.2, 0.25) is 0 Å². The Morgan fingerprint density at radius 2 is 1.83 bits per heavy atom. The maximum Gasteiger partial charge on any atom is 0.149 e. The number of aliphatic imine (C=N–C) groups is 2. The highest BCUT2D eigenvalue weighted by molar-refractivity contribution is 6.00. The zero-order chi connectivity index (χ0) is 13.6. The van der Waals surface area contributed by atoms with Crippen molar-refractivity contribution < 1.29 is 0 Å². The topological polar surface area (TPSA) is 48.6 Å². The fourth-order valence-electron chi connectivity index (χ4n) is 0.857. The van der Waals surface area contributed by atoms with Crippen LogP contribution >= 0.6 is 0 Å². The van der Waals surface area contributed by atoms with Crippen LogP contribution < -0.4 is 0 Å². The van der Waals surface area contributed by atoms with E-state index in [4.69, 9.17) is 5.41 Å². The molecule has 0 unspecified atom stereocenters. The molecule has 0 aromatic heterocycles. The van der Waals surface area contributed by atoms with Crippen molar-refractivity contribution in [2.75, 3.05) is 0 Å². The van der Waals surface area contributed by atoms with Crippen molar-refractivity contribution in [3.63, 3.8) is 0 Å². The molecule has 0 fully saturated rings. The minimum atomic E-state index is 0.209. The van der Waals surface area contributed by atoms with E-state index in [9.17, 15) is 0 Å². The fraction of sp³-hybridized carbons (Fsp3) is 0.133. The summed E-state index contributed by atoms with van der Waals surface area (Å²) in [5.74, 6) is 0.209. The van der Waals surface area contributed by atoms with E-state index < -0.39 is 0 Å². The molecule has 3 nitrogen and oxygen atoms in total. The minimum Gasteiger partial charge on any atom is -0.283 e. The van der Waals surface area contributed by atoms with E-state index in [1.54, 1.807) is 18.4 Å². The molecule has 0 aromatic carbocycles. The van der Waals surface area contributed by atoms with Gasteiger partial charge >= 0.3 is 0 Å². The number of nitrogens with zero attached hydrogens (tertiary/aromatic N) is 2. The summed E-state index contributed by atoms with van der Waals surface area (Å²) in [6.45, 7) is 7.32. The molecule has 0 aromatic rings. The molecule has 94 valence electrons. The Hall–Kier alpha value is -2.29. The SMILES string of the molecule is C=C\C=C/C=C/C=N/C=N\C(=N)/C(C)=C/C=C\C. The molecule has 0 heterocycles. The third-order valence-corrected chi connectivity index (χ3v) is 1.81. The van der Waals surface area contributed by atoms with E-state index >= 15 is 0 Å². The van der Waals surface area contributed by atoms with Gasteiger partial charge in [-0.15, -0.1) is 0 Å². The van der Waals surface area contributed by atoms with Gasteiger partial charge in [0.05, 0.1) is 0 Å². The zero-order valence-electron chi connectivity index (χ0n) is 10.9. The molecular weight excluding hydrogens is 222 g/mol. The van der Waals surface area contributed by atoms with Crippen molar-refractivity contribution in [2.24, 2.45) is 9.98 Å². The smallest absolute Gasteiger partial charge is 0.149 e. The van der Waals surface area contributed by atoms with Crippen LogP contribution in [0.3, 0.4) is 0 Å². The van der Waals surface area contributed by atoms with Crippen LogP contribution in [0.1, 0.15) is 13.8 Å². The van der Waals surface area contributed by atoms with Gasteiger partial charge in [0.15, 0.2) is 0 Å². The zero-order valence-corrected chi connectivity index (χ0v) is 10.9. The van der Waals surface area contributed by atoms with Crippen molar-refractivity contribution in [1.29, 1.82) is 5.41 Å². The maximum absolute atomic E-state index is 7.63. The largest absolute Gasteiger partial charge is 0.283 e. The van der Waals surface area contributed by atoms with Gasteiger partial charge in [0.1, 0.15) is 12.2 Å². The van der Waals surface area contributed by atoms with E-state index in [0.717, 1.165) is 5.57 Å². The van der Waals surface area contributed by atoms with E-state index in [1.165, 1.54) is 6.34 Å². The molecule has 1 N–H and O–H groups in total. The highest BCUT2D eigenvalue weighted by Crippen LogP contribution is 1.96. The van der Waals surface area contributed by atoms with Crippen LogP contribution in [0.15, 0.2) is 70.7 Å². The Bertz CT molecular complexity index is 433. The number of hydrogen-bond donors (Lipinski definition) is 1. The van der Waals surface area contributed by atoms with Crippen LogP contribution in [0.4, 0.5) is 0 Å². The summed E-state index contributed by atoms with van der Waals surface area (Å²) in [4.78, 5) is 7.82. The molecule has 0 saturated carbocycles. The van der Waals surface area contributed by atoms with Crippen molar-refractivity contribution in [2.45, 2.75) is 13.8 Å². The van der Waals surface area contributed by atoms with Crippen LogP contribution in [0.25, 0.3) is 0 Å². The van der Waals surface area contributed by atoms with Crippen LogP contribution in [0, 0.1) is 5.41 Å². The second kappa shape index (κ2) is 11.2. The third kappa shape index (κ3) is 8.97. The van der Waals surface area contributed by atoms with E-state index in [0.29, 0.717) is 0 Å². The Morgan fingerprint density at radius 1 is 1.11 bits per heavy atom. The molecule has 18 heavy (non-hydrogen) atoms. The third-order valence-electron chi connectivity index (χ3n) is 1.81. The Kier molecular flexibility index (Phi) is 9.78. The summed E-state index contributed by atoms with van der Waals surface area (Å²) in [6, 6.07) is 0. The molecule has 0 radical (unpaired) electrons. The summed E-state index contributed by atoms with van der Waals surface area (Å²) in [6.07, 6.45) is 17.6. The lowest BCUT2D eigenvalue weighted by molar-refractivity contribution is 1.38. The lowest BCUT2D eigenvalue weighted by Crippen LogP contribution is -1.93. The number of amidine groups is 1. The first-order valence-corrected chi connectivity index (χ1v) is 5.61. The van der Waals surface area contributed by atoms with Crippen LogP contribution in [-0.4, -0.2) is 18.4 Å². The van der Waals surface area contributed by atoms with Crippen LogP contribution in [0.5, 0.6) is 0 Å².